The van der Waals surface area contributed by atoms with Gasteiger partial charge in [0.05, 0.1) is 24.6 Å². The van der Waals surface area contributed by atoms with Crippen molar-refractivity contribution in [3.8, 4) is 5.69 Å². The number of carbonyl (C=O) groups excluding carboxylic acids is 1. The standard InChI is InChI=1S/C20H20F3N3O2/c21-20(22,23)19-16-5-7-28-11-17(16)26(24-19)14-4-3-12-8-15(10-13(12)9-14)25-6-1-2-18(25)27/h3-4,9,15H,1-2,5-8,10-11H2/t15-/m0/s1. The van der Waals surface area contributed by atoms with Gasteiger partial charge in [-0.3, -0.25) is 4.79 Å². The van der Waals surface area contributed by atoms with Gasteiger partial charge in [0.25, 0.3) is 0 Å². The van der Waals surface area contributed by atoms with Crippen LogP contribution in [0.5, 0.6) is 0 Å². The molecular weight excluding hydrogens is 371 g/mol. The Balaban J connectivity index is 1.50. The quantitative estimate of drug-likeness (QED) is 0.791. The van der Waals surface area contributed by atoms with Gasteiger partial charge in [-0.05, 0) is 48.9 Å². The number of aromatic nitrogens is 2. The minimum absolute atomic E-state index is 0.125. The van der Waals surface area contributed by atoms with Crippen LogP contribution in [-0.2, 0) is 41.6 Å². The number of rotatable bonds is 2. The highest BCUT2D eigenvalue weighted by atomic mass is 19.4. The zero-order valence-corrected chi connectivity index (χ0v) is 15.3. The van der Waals surface area contributed by atoms with E-state index in [2.05, 4.69) is 5.10 Å². The smallest absolute Gasteiger partial charge is 0.375 e. The summed E-state index contributed by atoms with van der Waals surface area (Å²) in [6.07, 6.45) is -1.22. The number of hydrogen-bond acceptors (Lipinski definition) is 3. The molecule has 0 unspecified atom stereocenters. The molecule has 3 heterocycles. The van der Waals surface area contributed by atoms with E-state index in [1.54, 1.807) is 0 Å². The molecule has 2 aromatic rings. The second kappa shape index (κ2) is 6.34. The fraction of sp³-hybridized carbons (Fsp3) is 0.500. The van der Waals surface area contributed by atoms with Gasteiger partial charge in [0.15, 0.2) is 5.69 Å². The number of hydrogen-bond donors (Lipinski definition) is 0. The summed E-state index contributed by atoms with van der Waals surface area (Å²) in [5.74, 6) is 0.200. The Morgan fingerprint density at radius 2 is 1.96 bits per heavy atom. The third kappa shape index (κ3) is 2.82. The molecule has 2 aliphatic heterocycles. The maximum Gasteiger partial charge on any atom is 0.435 e. The molecule has 8 heteroatoms. The number of likely N-dealkylation sites (tertiary alicyclic amines) is 1. The van der Waals surface area contributed by atoms with Crippen LogP contribution in [0.1, 0.15) is 40.9 Å². The van der Waals surface area contributed by atoms with Gasteiger partial charge in [-0.1, -0.05) is 6.07 Å². The van der Waals surface area contributed by atoms with Crippen molar-refractivity contribution in [2.75, 3.05) is 13.2 Å². The van der Waals surface area contributed by atoms with E-state index in [1.807, 2.05) is 23.1 Å². The van der Waals surface area contributed by atoms with Gasteiger partial charge in [-0.15, -0.1) is 0 Å². The molecule has 0 N–H and O–H groups in total. The first-order valence-corrected chi connectivity index (χ1v) is 9.59. The molecule has 1 aliphatic carbocycles. The lowest BCUT2D eigenvalue weighted by molar-refractivity contribution is -0.142. The third-order valence-corrected chi connectivity index (χ3v) is 5.99. The maximum absolute atomic E-state index is 13.4. The van der Waals surface area contributed by atoms with Crippen molar-refractivity contribution >= 4 is 5.91 Å². The van der Waals surface area contributed by atoms with Crippen LogP contribution in [0.2, 0.25) is 0 Å². The van der Waals surface area contributed by atoms with E-state index in [0.29, 0.717) is 17.8 Å². The lowest BCUT2D eigenvalue weighted by atomic mass is 10.1. The zero-order chi connectivity index (χ0) is 19.5. The van der Waals surface area contributed by atoms with Crippen LogP contribution in [0.4, 0.5) is 13.2 Å². The number of amides is 1. The van der Waals surface area contributed by atoms with Crippen LogP contribution in [0.25, 0.3) is 5.69 Å². The number of nitrogens with zero attached hydrogens (tertiary/aromatic N) is 3. The second-order valence-corrected chi connectivity index (χ2v) is 7.69. The minimum Gasteiger partial charge on any atom is -0.375 e. The molecule has 3 aliphatic rings. The van der Waals surface area contributed by atoms with Crippen LogP contribution >= 0.6 is 0 Å². The van der Waals surface area contributed by atoms with E-state index in [1.165, 1.54) is 4.68 Å². The molecule has 5 rings (SSSR count). The van der Waals surface area contributed by atoms with Crippen molar-refractivity contribution in [1.29, 1.82) is 0 Å². The first-order valence-electron chi connectivity index (χ1n) is 9.59. The van der Waals surface area contributed by atoms with Crippen molar-refractivity contribution in [1.82, 2.24) is 14.7 Å². The lowest BCUT2D eigenvalue weighted by Gasteiger charge is -2.23. The topological polar surface area (TPSA) is 47.4 Å². The number of benzene rings is 1. The maximum atomic E-state index is 13.4. The average molecular weight is 391 g/mol. The van der Waals surface area contributed by atoms with Crippen LogP contribution < -0.4 is 0 Å². The van der Waals surface area contributed by atoms with Gasteiger partial charge in [-0.2, -0.15) is 18.3 Å². The first-order chi connectivity index (χ1) is 13.4. The molecule has 28 heavy (non-hydrogen) atoms. The van der Waals surface area contributed by atoms with Crippen molar-refractivity contribution < 1.29 is 22.7 Å². The molecule has 1 saturated heterocycles. The average Bonchev–Trinajstić information content (AvgIpc) is 3.35. The number of halogens is 3. The summed E-state index contributed by atoms with van der Waals surface area (Å²) in [5.41, 5.74) is 2.75. The summed E-state index contributed by atoms with van der Waals surface area (Å²) in [6.45, 7) is 1.20. The van der Waals surface area contributed by atoms with E-state index in [4.69, 9.17) is 4.74 Å². The number of carbonyl (C=O) groups is 1. The fourth-order valence-corrected chi connectivity index (χ4v) is 4.67. The molecule has 0 spiro atoms. The Hall–Kier alpha value is -2.35. The molecule has 0 saturated carbocycles. The lowest BCUT2D eigenvalue weighted by Crippen LogP contribution is -2.36. The van der Waals surface area contributed by atoms with Gasteiger partial charge in [0, 0.05) is 24.6 Å². The molecule has 1 aromatic carbocycles. The molecule has 1 aromatic heterocycles. The largest absolute Gasteiger partial charge is 0.435 e. The SMILES string of the molecule is O=C1CCCN1[C@H]1Cc2ccc(-n3nc(C(F)(F)F)c4c3COCC4)cc2C1. The summed E-state index contributed by atoms with van der Waals surface area (Å²) < 4.78 is 47.1. The molecule has 1 atom stereocenters. The van der Waals surface area contributed by atoms with Crippen molar-refractivity contribution in [2.45, 2.75) is 50.9 Å². The number of alkyl halides is 3. The molecule has 0 bridgehead atoms. The van der Waals surface area contributed by atoms with Crippen LogP contribution in [-0.4, -0.2) is 39.8 Å². The fourth-order valence-electron chi connectivity index (χ4n) is 4.67. The van der Waals surface area contributed by atoms with Crippen LogP contribution in [0.15, 0.2) is 18.2 Å². The van der Waals surface area contributed by atoms with Gasteiger partial charge < -0.3 is 9.64 Å². The van der Waals surface area contributed by atoms with Crippen LogP contribution in [0.3, 0.4) is 0 Å². The van der Waals surface area contributed by atoms with Crippen molar-refractivity contribution in [3.63, 3.8) is 0 Å². The molecular formula is C20H20F3N3O2. The van der Waals surface area contributed by atoms with Gasteiger partial charge in [-0.25, -0.2) is 4.68 Å². The Morgan fingerprint density at radius 1 is 1.14 bits per heavy atom. The number of fused-ring (bicyclic) bond motifs is 2. The zero-order valence-electron chi connectivity index (χ0n) is 15.3. The Bertz CT molecular complexity index is 951. The summed E-state index contributed by atoms with van der Waals surface area (Å²) in [6, 6.07) is 5.84. The molecule has 1 amide bonds. The van der Waals surface area contributed by atoms with Gasteiger partial charge >= 0.3 is 6.18 Å². The molecule has 1 fully saturated rings. The summed E-state index contributed by atoms with van der Waals surface area (Å²) >= 11 is 0. The Morgan fingerprint density at radius 3 is 2.71 bits per heavy atom. The van der Waals surface area contributed by atoms with Crippen LogP contribution in [0, 0.1) is 0 Å². The monoisotopic (exact) mass is 391 g/mol. The van der Waals surface area contributed by atoms with E-state index < -0.39 is 11.9 Å². The summed E-state index contributed by atoms with van der Waals surface area (Å²) in [7, 11) is 0. The van der Waals surface area contributed by atoms with E-state index in [9.17, 15) is 18.0 Å². The highest BCUT2D eigenvalue weighted by molar-refractivity contribution is 5.78. The van der Waals surface area contributed by atoms with Crippen molar-refractivity contribution in [2.24, 2.45) is 0 Å². The molecule has 148 valence electrons. The van der Waals surface area contributed by atoms with E-state index in [0.717, 1.165) is 36.9 Å². The Kier molecular flexibility index (Phi) is 4.01. The second-order valence-electron chi connectivity index (χ2n) is 7.69. The minimum atomic E-state index is -4.48. The predicted molar refractivity (Wildman–Crippen MR) is 94.1 cm³/mol. The summed E-state index contributed by atoms with van der Waals surface area (Å²) in [4.78, 5) is 14.0. The highest BCUT2D eigenvalue weighted by Gasteiger charge is 2.40. The third-order valence-electron chi connectivity index (χ3n) is 5.99. The van der Waals surface area contributed by atoms with E-state index >= 15 is 0 Å². The number of ether oxygens (including phenoxy) is 1. The normalized spacial score (nSPS) is 21.9. The first kappa shape index (κ1) is 17.7. The highest BCUT2D eigenvalue weighted by Crippen LogP contribution is 2.36. The van der Waals surface area contributed by atoms with E-state index in [-0.39, 0.29) is 37.1 Å². The van der Waals surface area contributed by atoms with Crippen molar-refractivity contribution in [3.05, 3.63) is 46.3 Å². The Labute approximate surface area is 160 Å². The molecule has 5 nitrogen and oxygen atoms in total. The summed E-state index contributed by atoms with van der Waals surface area (Å²) in [5, 5.41) is 3.91. The molecule has 0 radical (unpaired) electrons. The van der Waals surface area contributed by atoms with Gasteiger partial charge in [0.2, 0.25) is 5.91 Å². The van der Waals surface area contributed by atoms with Gasteiger partial charge in [0.1, 0.15) is 0 Å². The predicted octanol–water partition coefficient (Wildman–Crippen LogP) is 3.05.